The molecule has 0 atom stereocenters. The van der Waals surface area contributed by atoms with Crippen molar-refractivity contribution in [3.63, 3.8) is 0 Å². The van der Waals surface area contributed by atoms with E-state index in [-0.39, 0.29) is 5.78 Å². The van der Waals surface area contributed by atoms with Gasteiger partial charge in [-0.25, -0.2) is 0 Å². The molecule has 0 bridgehead atoms. The van der Waals surface area contributed by atoms with Crippen molar-refractivity contribution in [3.05, 3.63) is 57.8 Å². The molecule has 0 unspecified atom stereocenters. The monoisotopic (exact) mass is 317 g/mol. The van der Waals surface area contributed by atoms with Crippen LogP contribution in [0.4, 0.5) is 0 Å². The van der Waals surface area contributed by atoms with Gasteiger partial charge in [0.05, 0.1) is 6.61 Å². The third-order valence-corrected chi connectivity index (χ3v) is 3.57. The third kappa shape index (κ3) is 2.68. The Morgan fingerprint density at radius 3 is 3.05 bits per heavy atom. The van der Waals surface area contributed by atoms with Gasteiger partial charge in [-0.3, -0.25) is 9.78 Å². The SMILES string of the molecule is O=C(Cc1cncc(Br)c1)c1ccc2c(c1)CCO2. The second-order valence-corrected chi connectivity index (χ2v) is 5.45. The van der Waals surface area contributed by atoms with E-state index in [1.165, 1.54) is 0 Å². The first kappa shape index (κ1) is 12.4. The van der Waals surface area contributed by atoms with E-state index in [2.05, 4.69) is 20.9 Å². The predicted octanol–water partition coefficient (Wildman–Crippen LogP) is 3.20. The van der Waals surface area contributed by atoms with Crippen LogP contribution >= 0.6 is 15.9 Å². The Bertz CT molecular complexity index is 640. The highest BCUT2D eigenvalue weighted by molar-refractivity contribution is 9.10. The van der Waals surface area contributed by atoms with Crippen molar-refractivity contribution in [2.24, 2.45) is 0 Å². The summed E-state index contributed by atoms with van der Waals surface area (Å²) in [4.78, 5) is 16.3. The zero-order valence-corrected chi connectivity index (χ0v) is 11.8. The molecule has 0 amide bonds. The molecular formula is C15H12BrNO2. The summed E-state index contributed by atoms with van der Waals surface area (Å²) in [7, 11) is 0. The maximum absolute atomic E-state index is 12.2. The number of aromatic nitrogens is 1. The molecule has 2 heterocycles. The molecule has 0 aliphatic carbocycles. The molecule has 0 spiro atoms. The topological polar surface area (TPSA) is 39.2 Å². The lowest BCUT2D eigenvalue weighted by atomic mass is 10.0. The van der Waals surface area contributed by atoms with Crippen LogP contribution in [0.1, 0.15) is 21.5 Å². The van der Waals surface area contributed by atoms with Crippen molar-refractivity contribution in [2.75, 3.05) is 6.61 Å². The van der Waals surface area contributed by atoms with Gasteiger partial charge in [0, 0.05) is 35.3 Å². The standard InChI is InChI=1S/C15H12BrNO2/c16-13-5-10(8-17-9-13)6-14(18)11-1-2-15-12(7-11)3-4-19-15/h1-2,5,7-9H,3-4,6H2. The number of hydrogen-bond acceptors (Lipinski definition) is 3. The quantitative estimate of drug-likeness (QED) is 0.816. The number of benzene rings is 1. The molecule has 3 nitrogen and oxygen atoms in total. The fourth-order valence-electron chi connectivity index (χ4n) is 2.20. The minimum atomic E-state index is 0.106. The van der Waals surface area contributed by atoms with Crippen molar-refractivity contribution < 1.29 is 9.53 Å². The van der Waals surface area contributed by atoms with Crippen molar-refractivity contribution >= 4 is 21.7 Å². The summed E-state index contributed by atoms with van der Waals surface area (Å²) in [5, 5.41) is 0. The summed E-state index contributed by atoms with van der Waals surface area (Å²) in [5.41, 5.74) is 2.78. The summed E-state index contributed by atoms with van der Waals surface area (Å²) in [6, 6.07) is 7.57. The fourth-order valence-corrected chi connectivity index (χ4v) is 2.61. The van der Waals surface area contributed by atoms with Crippen molar-refractivity contribution in [3.8, 4) is 5.75 Å². The van der Waals surface area contributed by atoms with E-state index in [0.29, 0.717) is 13.0 Å². The number of carbonyl (C=O) groups excluding carboxylic acids is 1. The normalized spacial score (nSPS) is 12.9. The lowest BCUT2D eigenvalue weighted by Gasteiger charge is -2.04. The van der Waals surface area contributed by atoms with Crippen LogP contribution in [0.5, 0.6) is 5.75 Å². The summed E-state index contributed by atoms with van der Waals surface area (Å²) in [6.45, 7) is 0.711. The highest BCUT2D eigenvalue weighted by Crippen LogP contribution is 2.26. The second kappa shape index (κ2) is 5.13. The van der Waals surface area contributed by atoms with Crippen molar-refractivity contribution in [1.29, 1.82) is 0 Å². The maximum atomic E-state index is 12.2. The average Bonchev–Trinajstić information content (AvgIpc) is 2.85. The van der Waals surface area contributed by atoms with Crippen LogP contribution in [0.15, 0.2) is 41.1 Å². The number of Topliss-reactive ketones (excluding diaryl/α,β-unsaturated/α-hetero) is 1. The van der Waals surface area contributed by atoms with Gasteiger partial charge in [0.15, 0.2) is 5.78 Å². The van der Waals surface area contributed by atoms with Crippen LogP contribution in [-0.2, 0) is 12.8 Å². The molecule has 0 radical (unpaired) electrons. The van der Waals surface area contributed by atoms with Gasteiger partial charge in [-0.05, 0) is 51.3 Å². The Labute approximate surface area is 119 Å². The van der Waals surface area contributed by atoms with Crippen LogP contribution < -0.4 is 4.74 Å². The fraction of sp³-hybridized carbons (Fsp3) is 0.200. The van der Waals surface area contributed by atoms with Gasteiger partial charge in [0.25, 0.3) is 0 Å². The van der Waals surface area contributed by atoms with Gasteiger partial charge >= 0.3 is 0 Å². The summed E-state index contributed by atoms with van der Waals surface area (Å²) >= 11 is 3.36. The molecule has 3 rings (SSSR count). The molecule has 2 aromatic rings. The number of carbonyl (C=O) groups is 1. The first-order valence-electron chi connectivity index (χ1n) is 6.11. The first-order valence-corrected chi connectivity index (χ1v) is 6.90. The number of ketones is 1. The Morgan fingerprint density at radius 2 is 2.21 bits per heavy atom. The Morgan fingerprint density at radius 1 is 1.32 bits per heavy atom. The minimum Gasteiger partial charge on any atom is -0.493 e. The highest BCUT2D eigenvalue weighted by Gasteiger charge is 2.15. The Balaban J connectivity index is 1.81. The number of ether oxygens (including phenoxy) is 1. The molecule has 1 aromatic carbocycles. The minimum absolute atomic E-state index is 0.106. The Kier molecular flexibility index (Phi) is 3.34. The van der Waals surface area contributed by atoms with Gasteiger partial charge in [-0.2, -0.15) is 0 Å². The third-order valence-electron chi connectivity index (χ3n) is 3.14. The molecule has 0 fully saturated rings. The van der Waals surface area contributed by atoms with E-state index >= 15 is 0 Å². The molecule has 0 saturated heterocycles. The number of fused-ring (bicyclic) bond motifs is 1. The van der Waals surface area contributed by atoms with Crippen LogP contribution in [0.2, 0.25) is 0 Å². The van der Waals surface area contributed by atoms with E-state index in [4.69, 9.17) is 4.74 Å². The number of pyridine rings is 1. The van der Waals surface area contributed by atoms with Crippen LogP contribution in [0.25, 0.3) is 0 Å². The smallest absolute Gasteiger partial charge is 0.167 e. The van der Waals surface area contributed by atoms with Gasteiger partial charge in [-0.1, -0.05) is 0 Å². The lowest BCUT2D eigenvalue weighted by molar-refractivity contribution is 0.0993. The first-order chi connectivity index (χ1) is 9.22. The molecule has 1 aliphatic rings. The van der Waals surface area contributed by atoms with E-state index < -0.39 is 0 Å². The molecule has 96 valence electrons. The molecule has 1 aromatic heterocycles. The van der Waals surface area contributed by atoms with Crippen LogP contribution in [-0.4, -0.2) is 17.4 Å². The zero-order valence-electron chi connectivity index (χ0n) is 10.2. The zero-order chi connectivity index (χ0) is 13.2. The number of rotatable bonds is 3. The molecule has 4 heteroatoms. The van der Waals surface area contributed by atoms with Gasteiger partial charge in [0.2, 0.25) is 0 Å². The van der Waals surface area contributed by atoms with Crippen LogP contribution in [0.3, 0.4) is 0 Å². The maximum Gasteiger partial charge on any atom is 0.167 e. The van der Waals surface area contributed by atoms with Crippen molar-refractivity contribution in [2.45, 2.75) is 12.8 Å². The van der Waals surface area contributed by atoms with E-state index in [1.807, 2.05) is 24.3 Å². The summed E-state index contributed by atoms with van der Waals surface area (Å²) in [5.74, 6) is 1.01. The predicted molar refractivity (Wildman–Crippen MR) is 75.6 cm³/mol. The molecule has 0 N–H and O–H groups in total. The van der Waals surface area contributed by atoms with Gasteiger partial charge in [-0.15, -0.1) is 0 Å². The average molecular weight is 318 g/mol. The Hall–Kier alpha value is -1.68. The summed E-state index contributed by atoms with van der Waals surface area (Å²) < 4.78 is 6.33. The largest absolute Gasteiger partial charge is 0.493 e. The molecule has 1 aliphatic heterocycles. The lowest BCUT2D eigenvalue weighted by Crippen LogP contribution is -2.04. The van der Waals surface area contributed by atoms with Gasteiger partial charge < -0.3 is 4.74 Å². The van der Waals surface area contributed by atoms with Crippen LogP contribution in [0, 0.1) is 0 Å². The number of hydrogen-bond donors (Lipinski definition) is 0. The van der Waals surface area contributed by atoms with E-state index in [1.54, 1.807) is 12.4 Å². The molecule has 19 heavy (non-hydrogen) atoms. The van der Waals surface area contributed by atoms with E-state index in [0.717, 1.165) is 33.3 Å². The summed E-state index contributed by atoms with van der Waals surface area (Å²) in [6.07, 6.45) is 4.68. The van der Waals surface area contributed by atoms with Gasteiger partial charge in [0.1, 0.15) is 5.75 Å². The van der Waals surface area contributed by atoms with Crippen molar-refractivity contribution in [1.82, 2.24) is 4.98 Å². The number of nitrogens with zero attached hydrogens (tertiary/aromatic N) is 1. The molecule has 0 saturated carbocycles. The number of halogens is 1. The second-order valence-electron chi connectivity index (χ2n) is 4.53. The molecular weight excluding hydrogens is 306 g/mol. The highest BCUT2D eigenvalue weighted by atomic mass is 79.9. The van der Waals surface area contributed by atoms with E-state index in [9.17, 15) is 4.79 Å².